The minimum Gasteiger partial charge on any atom is -0.322 e. The molecule has 0 aliphatic carbocycles. The van der Waals surface area contributed by atoms with Crippen LogP contribution in [0, 0.1) is 10.5 Å². The number of carbonyl (C=O) groups excluding carboxylic acids is 1. The summed E-state index contributed by atoms with van der Waals surface area (Å²) in [5, 5.41) is 3.26. The van der Waals surface area contributed by atoms with Gasteiger partial charge in [0.15, 0.2) is 0 Å². The predicted molar refractivity (Wildman–Crippen MR) is 91.0 cm³/mol. The smallest absolute Gasteiger partial charge is 0.257 e. The van der Waals surface area contributed by atoms with Gasteiger partial charge in [0.05, 0.1) is 10.6 Å². The highest BCUT2D eigenvalue weighted by molar-refractivity contribution is 14.1. The fraction of sp³-hybridized carbons (Fsp3) is 0.0714. The minimum atomic E-state index is -0.217. The Morgan fingerprint density at radius 1 is 1.32 bits per heavy atom. The first-order valence-corrected chi connectivity index (χ1v) is 7.75. The lowest BCUT2D eigenvalue weighted by molar-refractivity contribution is 0.102. The molecule has 2 aromatic carbocycles. The van der Waals surface area contributed by atoms with Crippen LogP contribution in [0.2, 0.25) is 5.02 Å². The Labute approximate surface area is 138 Å². The van der Waals surface area contributed by atoms with E-state index in [1.165, 1.54) is 5.56 Å². The fourth-order valence-corrected chi connectivity index (χ4v) is 2.64. The molecule has 0 fully saturated rings. The van der Waals surface area contributed by atoms with Crippen LogP contribution in [0.25, 0.3) is 0 Å². The monoisotopic (exact) mass is 449 g/mol. The fourth-order valence-electron chi connectivity index (χ4n) is 1.55. The summed E-state index contributed by atoms with van der Waals surface area (Å²) in [6, 6.07) is 11.1. The molecule has 0 radical (unpaired) electrons. The molecule has 0 aliphatic heterocycles. The molecule has 2 nitrogen and oxygen atoms in total. The minimum absolute atomic E-state index is 0.217. The molecule has 0 saturated carbocycles. The summed E-state index contributed by atoms with van der Waals surface area (Å²) in [5.74, 6) is -0.217. The Balaban J connectivity index is 2.26. The molecular formula is C14H10BrClINO. The molecular weight excluding hydrogens is 440 g/mol. The molecule has 0 heterocycles. The van der Waals surface area contributed by atoms with E-state index in [9.17, 15) is 4.79 Å². The molecule has 0 aromatic heterocycles. The average molecular weight is 451 g/mol. The number of halogens is 3. The molecule has 98 valence electrons. The standard InChI is InChI=1S/C14H10BrClINO/c1-8-5-6-9(7-12(8)17)18-14(19)10-3-2-4-11(15)13(10)16/h2-7H,1H3,(H,18,19). The summed E-state index contributed by atoms with van der Waals surface area (Å²) >= 11 is 11.6. The molecule has 0 atom stereocenters. The maximum absolute atomic E-state index is 12.2. The van der Waals surface area contributed by atoms with Crippen molar-refractivity contribution in [2.75, 3.05) is 5.32 Å². The Hall–Kier alpha value is -0.590. The molecule has 5 heteroatoms. The molecule has 1 amide bonds. The van der Waals surface area contributed by atoms with Crippen LogP contribution in [-0.4, -0.2) is 5.91 Å². The molecule has 0 unspecified atom stereocenters. The normalized spacial score (nSPS) is 10.3. The van der Waals surface area contributed by atoms with E-state index in [1.54, 1.807) is 18.2 Å². The van der Waals surface area contributed by atoms with Crippen LogP contribution in [0.5, 0.6) is 0 Å². The van der Waals surface area contributed by atoms with Crippen LogP contribution in [-0.2, 0) is 0 Å². The second kappa shape index (κ2) is 6.24. The van der Waals surface area contributed by atoms with Crippen molar-refractivity contribution in [3.8, 4) is 0 Å². The van der Waals surface area contributed by atoms with Gasteiger partial charge in [-0.05, 0) is 75.3 Å². The van der Waals surface area contributed by atoms with Gasteiger partial charge in [0, 0.05) is 13.7 Å². The number of carbonyl (C=O) groups is 1. The van der Waals surface area contributed by atoms with Crippen molar-refractivity contribution in [2.45, 2.75) is 6.92 Å². The topological polar surface area (TPSA) is 29.1 Å². The quantitative estimate of drug-likeness (QED) is 0.621. The second-order valence-corrected chi connectivity index (χ2v) is 6.41. The van der Waals surface area contributed by atoms with Gasteiger partial charge in [0.1, 0.15) is 0 Å². The van der Waals surface area contributed by atoms with Crippen molar-refractivity contribution in [3.05, 3.63) is 60.6 Å². The Morgan fingerprint density at radius 3 is 2.74 bits per heavy atom. The van der Waals surface area contributed by atoms with Crippen LogP contribution >= 0.6 is 50.1 Å². The van der Waals surface area contributed by atoms with Gasteiger partial charge in [-0.3, -0.25) is 4.79 Å². The third-order valence-electron chi connectivity index (χ3n) is 2.63. The number of benzene rings is 2. The first kappa shape index (κ1) is 14.8. The largest absolute Gasteiger partial charge is 0.322 e. The van der Waals surface area contributed by atoms with Crippen LogP contribution in [0.3, 0.4) is 0 Å². The van der Waals surface area contributed by atoms with Gasteiger partial charge >= 0.3 is 0 Å². The number of hydrogen-bond donors (Lipinski definition) is 1. The molecule has 0 spiro atoms. The molecule has 19 heavy (non-hydrogen) atoms. The first-order chi connectivity index (χ1) is 8.99. The number of anilines is 1. The number of hydrogen-bond acceptors (Lipinski definition) is 1. The van der Waals surface area contributed by atoms with Gasteiger partial charge in [-0.25, -0.2) is 0 Å². The van der Waals surface area contributed by atoms with E-state index in [1.807, 2.05) is 25.1 Å². The van der Waals surface area contributed by atoms with E-state index in [0.717, 1.165) is 9.26 Å². The molecule has 0 saturated heterocycles. The highest BCUT2D eigenvalue weighted by Gasteiger charge is 2.12. The Kier molecular flexibility index (Phi) is 4.86. The molecule has 0 bridgehead atoms. The van der Waals surface area contributed by atoms with E-state index < -0.39 is 0 Å². The van der Waals surface area contributed by atoms with Gasteiger partial charge in [0.25, 0.3) is 5.91 Å². The summed E-state index contributed by atoms with van der Waals surface area (Å²) in [7, 11) is 0. The molecule has 2 aromatic rings. The number of nitrogens with one attached hydrogen (secondary N) is 1. The lowest BCUT2D eigenvalue weighted by Gasteiger charge is -2.09. The Bertz CT molecular complexity index is 645. The zero-order valence-corrected chi connectivity index (χ0v) is 14.5. The van der Waals surface area contributed by atoms with Crippen molar-refractivity contribution < 1.29 is 4.79 Å². The number of rotatable bonds is 2. The highest BCUT2D eigenvalue weighted by atomic mass is 127. The lowest BCUT2D eigenvalue weighted by atomic mass is 10.2. The van der Waals surface area contributed by atoms with Crippen molar-refractivity contribution >= 4 is 61.7 Å². The third kappa shape index (κ3) is 3.49. The van der Waals surface area contributed by atoms with Crippen LogP contribution in [0.4, 0.5) is 5.69 Å². The zero-order valence-electron chi connectivity index (χ0n) is 10.0. The average Bonchev–Trinajstić information content (AvgIpc) is 2.37. The molecule has 2 rings (SSSR count). The van der Waals surface area contributed by atoms with E-state index in [-0.39, 0.29) is 5.91 Å². The van der Waals surface area contributed by atoms with Gasteiger partial charge < -0.3 is 5.32 Å². The van der Waals surface area contributed by atoms with E-state index in [4.69, 9.17) is 11.6 Å². The summed E-state index contributed by atoms with van der Waals surface area (Å²) in [5.41, 5.74) is 2.39. The van der Waals surface area contributed by atoms with Crippen molar-refractivity contribution in [1.82, 2.24) is 0 Å². The summed E-state index contributed by atoms with van der Waals surface area (Å²) in [4.78, 5) is 12.2. The van der Waals surface area contributed by atoms with E-state index in [2.05, 4.69) is 43.8 Å². The zero-order chi connectivity index (χ0) is 14.0. The van der Waals surface area contributed by atoms with Crippen LogP contribution in [0.15, 0.2) is 40.9 Å². The maximum atomic E-state index is 12.2. The van der Waals surface area contributed by atoms with E-state index in [0.29, 0.717) is 15.1 Å². The SMILES string of the molecule is Cc1ccc(NC(=O)c2cccc(Br)c2Cl)cc1I. The molecule has 1 N–H and O–H groups in total. The predicted octanol–water partition coefficient (Wildman–Crippen LogP) is 5.27. The third-order valence-corrected chi connectivity index (χ3v) is 5.08. The lowest BCUT2D eigenvalue weighted by Crippen LogP contribution is -2.12. The summed E-state index contributed by atoms with van der Waals surface area (Å²) in [6.07, 6.45) is 0. The van der Waals surface area contributed by atoms with Gasteiger partial charge in [0.2, 0.25) is 0 Å². The number of aryl methyl sites for hydroxylation is 1. The van der Waals surface area contributed by atoms with Gasteiger partial charge in [-0.15, -0.1) is 0 Å². The van der Waals surface area contributed by atoms with Crippen molar-refractivity contribution in [1.29, 1.82) is 0 Å². The van der Waals surface area contributed by atoms with Gasteiger partial charge in [-0.2, -0.15) is 0 Å². The second-order valence-electron chi connectivity index (χ2n) is 4.02. The first-order valence-electron chi connectivity index (χ1n) is 5.50. The Morgan fingerprint density at radius 2 is 2.05 bits per heavy atom. The van der Waals surface area contributed by atoms with Crippen LogP contribution in [0.1, 0.15) is 15.9 Å². The van der Waals surface area contributed by atoms with E-state index >= 15 is 0 Å². The molecule has 0 aliphatic rings. The maximum Gasteiger partial charge on any atom is 0.257 e. The highest BCUT2D eigenvalue weighted by Crippen LogP contribution is 2.27. The van der Waals surface area contributed by atoms with Crippen molar-refractivity contribution in [2.24, 2.45) is 0 Å². The van der Waals surface area contributed by atoms with Gasteiger partial charge in [-0.1, -0.05) is 23.7 Å². The summed E-state index contributed by atoms with van der Waals surface area (Å²) < 4.78 is 1.82. The number of amides is 1. The summed E-state index contributed by atoms with van der Waals surface area (Å²) in [6.45, 7) is 2.03. The van der Waals surface area contributed by atoms with Crippen LogP contribution < -0.4 is 5.32 Å². The van der Waals surface area contributed by atoms with Crippen molar-refractivity contribution in [3.63, 3.8) is 0 Å².